The standard InChI is InChI=1S/C27H35FN2O2/c1-4-25(27(32)29-24-8-6-5-7-9-24)30(18-21-12-14-23(28)15-13-21)26(31)17-22-11-10-19(2)20(3)16-22/h10-16,24-25H,4-9,17-18H2,1-3H3,(H,29,32)/t25-/m1/s1. The van der Waals surface area contributed by atoms with Gasteiger partial charge in [-0.1, -0.05) is 56.5 Å². The van der Waals surface area contributed by atoms with Crippen LogP contribution in [0.5, 0.6) is 0 Å². The molecule has 0 saturated heterocycles. The van der Waals surface area contributed by atoms with E-state index < -0.39 is 6.04 Å². The first-order valence-electron chi connectivity index (χ1n) is 11.8. The molecule has 32 heavy (non-hydrogen) atoms. The van der Waals surface area contributed by atoms with Gasteiger partial charge in [0.05, 0.1) is 6.42 Å². The fourth-order valence-electron chi connectivity index (χ4n) is 4.44. The van der Waals surface area contributed by atoms with Gasteiger partial charge < -0.3 is 10.2 Å². The van der Waals surface area contributed by atoms with Crippen LogP contribution in [0.4, 0.5) is 4.39 Å². The Kier molecular flexibility index (Phi) is 8.43. The molecule has 0 unspecified atom stereocenters. The number of benzene rings is 2. The Morgan fingerprint density at radius 1 is 1.00 bits per heavy atom. The summed E-state index contributed by atoms with van der Waals surface area (Å²) in [5.41, 5.74) is 4.07. The molecule has 0 radical (unpaired) electrons. The van der Waals surface area contributed by atoms with Crippen molar-refractivity contribution in [1.29, 1.82) is 0 Å². The average Bonchev–Trinajstić information content (AvgIpc) is 2.78. The van der Waals surface area contributed by atoms with Crippen molar-refractivity contribution in [3.8, 4) is 0 Å². The first kappa shape index (κ1) is 24.0. The van der Waals surface area contributed by atoms with Crippen molar-refractivity contribution in [2.24, 2.45) is 0 Å². The molecule has 4 nitrogen and oxygen atoms in total. The number of carbonyl (C=O) groups is 2. The van der Waals surface area contributed by atoms with E-state index >= 15 is 0 Å². The van der Waals surface area contributed by atoms with Crippen LogP contribution in [0.2, 0.25) is 0 Å². The lowest BCUT2D eigenvalue weighted by molar-refractivity contribution is -0.141. The van der Waals surface area contributed by atoms with Gasteiger partial charge in [-0.15, -0.1) is 0 Å². The summed E-state index contributed by atoms with van der Waals surface area (Å²) in [5, 5.41) is 3.19. The highest BCUT2D eigenvalue weighted by molar-refractivity contribution is 5.88. The molecule has 1 N–H and O–H groups in total. The van der Waals surface area contributed by atoms with E-state index in [0.717, 1.165) is 42.4 Å². The van der Waals surface area contributed by atoms with Gasteiger partial charge in [-0.05, 0) is 67.5 Å². The van der Waals surface area contributed by atoms with Crippen molar-refractivity contribution in [3.05, 3.63) is 70.5 Å². The molecular weight excluding hydrogens is 403 g/mol. The average molecular weight is 439 g/mol. The van der Waals surface area contributed by atoms with Gasteiger partial charge in [0, 0.05) is 12.6 Å². The molecule has 1 atom stereocenters. The van der Waals surface area contributed by atoms with Gasteiger partial charge in [0.2, 0.25) is 11.8 Å². The molecule has 2 amide bonds. The van der Waals surface area contributed by atoms with Crippen LogP contribution >= 0.6 is 0 Å². The molecule has 1 aliphatic rings. The number of carbonyl (C=O) groups excluding carboxylic acids is 2. The molecule has 0 heterocycles. The Labute approximate surface area is 191 Å². The predicted octanol–water partition coefficient (Wildman–Crippen LogP) is 5.24. The van der Waals surface area contributed by atoms with Gasteiger partial charge in [0.15, 0.2) is 0 Å². The number of nitrogens with one attached hydrogen (secondary N) is 1. The van der Waals surface area contributed by atoms with Gasteiger partial charge in [0.25, 0.3) is 0 Å². The second kappa shape index (κ2) is 11.3. The summed E-state index contributed by atoms with van der Waals surface area (Å²) in [5.74, 6) is -0.498. The number of aryl methyl sites for hydroxylation is 2. The van der Waals surface area contributed by atoms with Crippen LogP contribution in [-0.4, -0.2) is 28.8 Å². The van der Waals surface area contributed by atoms with Gasteiger partial charge in [-0.2, -0.15) is 0 Å². The smallest absolute Gasteiger partial charge is 0.243 e. The minimum atomic E-state index is -0.555. The van der Waals surface area contributed by atoms with Crippen LogP contribution in [-0.2, 0) is 22.6 Å². The molecule has 0 aromatic heterocycles. The molecule has 0 spiro atoms. The minimum absolute atomic E-state index is 0.0880. The zero-order chi connectivity index (χ0) is 23.1. The Balaban J connectivity index is 1.81. The summed E-state index contributed by atoms with van der Waals surface area (Å²) in [6, 6.07) is 11.8. The van der Waals surface area contributed by atoms with Crippen LogP contribution in [0.15, 0.2) is 42.5 Å². The topological polar surface area (TPSA) is 49.4 Å². The summed E-state index contributed by atoms with van der Waals surface area (Å²) in [6.45, 7) is 6.29. The number of nitrogens with zero attached hydrogens (tertiary/aromatic N) is 1. The Morgan fingerprint density at radius 2 is 1.66 bits per heavy atom. The van der Waals surface area contributed by atoms with E-state index in [9.17, 15) is 14.0 Å². The van der Waals surface area contributed by atoms with E-state index in [2.05, 4.69) is 5.32 Å². The first-order chi connectivity index (χ1) is 15.4. The van der Waals surface area contributed by atoms with E-state index in [1.54, 1.807) is 17.0 Å². The maximum Gasteiger partial charge on any atom is 0.243 e. The van der Waals surface area contributed by atoms with E-state index in [0.29, 0.717) is 6.42 Å². The normalized spacial score (nSPS) is 15.2. The fourth-order valence-corrected chi connectivity index (χ4v) is 4.44. The van der Waals surface area contributed by atoms with Crippen LogP contribution in [0.25, 0.3) is 0 Å². The van der Waals surface area contributed by atoms with Crippen molar-refractivity contribution in [2.75, 3.05) is 0 Å². The summed E-state index contributed by atoms with van der Waals surface area (Å²) in [7, 11) is 0. The molecule has 5 heteroatoms. The van der Waals surface area contributed by atoms with Crippen LogP contribution in [0.1, 0.15) is 67.7 Å². The first-order valence-corrected chi connectivity index (χ1v) is 11.8. The van der Waals surface area contributed by atoms with E-state index in [1.165, 1.54) is 24.1 Å². The molecule has 1 saturated carbocycles. The molecular formula is C27H35FN2O2. The molecule has 3 rings (SSSR count). The third-order valence-electron chi connectivity index (χ3n) is 6.53. The number of hydrogen-bond acceptors (Lipinski definition) is 2. The molecule has 1 fully saturated rings. The molecule has 0 aliphatic heterocycles. The molecule has 0 bridgehead atoms. The van der Waals surface area contributed by atoms with Gasteiger partial charge in [-0.25, -0.2) is 4.39 Å². The molecule has 1 aliphatic carbocycles. The highest BCUT2D eigenvalue weighted by Crippen LogP contribution is 2.20. The molecule has 172 valence electrons. The van der Waals surface area contributed by atoms with E-state index in [-0.39, 0.29) is 36.6 Å². The Morgan fingerprint density at radius 3 is 2.28 bits per heavy atom. The number of amides is 2. The highest BCUT2D eigenvalue weighted by atomic mass is 19.1. The zero-order valence-corrected chi connectivity index (χ0v) is 19.5. The van der Waals surface area contributed by atoms with Crippen molar-refractivity contribution in [3.63, 3.8) is 0 Å². The monoisotopic (exact) mass is 438 g/mol. The Hall–Kier alpha value is -2.69. The lowest BCUT2D eigenvalue weighted by atomic mass is 9.95. The van der Waals surface area contributed by atoms with Gasteiger partial charge in [0.1, 0.15) is 11.9 Å². The summed E-state index contributed by atoms with van der Waals surface area (Å²) < 4.78 is 13.4. The van der Waals surface area contributed by atoms with Gasteiger partial charge >= 0.3 is 0 Å². The van der Waals surface area contributed by atoms with Crippen LogP contribution in [0, 0.1) is 19.7 Å². The summed E-state index contributed by atoms with van der Waals surface area (Å²) in [6.07, 6.45) is 6.23. The fraction of sp³-hybridized carbons (Fsp3) is 0.481. The van der Waals surface area contributed by atoms with Crippen molar-refractivity contribution in [1.82, 2.24) is 10.2 Å². The quantitative estimate of drug-likeness (QED) is 0.613. The summed E-state index contributed by atoms with van der Waals surface area (Å²) in [4.78, 5) is 28.3. The highest BCUT2D eigenvalue weighted by Gasteiger charge is 2.30. The SMILES string of the molecule is CC[C@H](C(=O)NC1CCCCC1)N(Cc1ccc(F)cc1)C(=O)Cc1ccc(C)c(C)c1. The lowest BCUT2D eigenvalue weighted by Gasteiger charge is -2.33. The maximum absolute atomic E-state index is 13.4. The predicted molar refractivity (Wildman–Crippen MR) is 126 cm³/mol. The lowest BCUT2D eigenvalue weighted by Crippen LogP contribution is -2.51. The Bertz CT molecular complexity index is 920. The van der Waals surface area contributed by atoms with Crippen LogP contribution in [0.3, 0.4) is 0 Å². The third-order valence-corrected chi connectivity index (χ3v) is 6.53. The third kappa shape index (κ3) is 6.41. The second-order valence-corrected chi connectivity index (χ2v) is 9.01. The van der Waals surface area contributed by atoms with Crippen molar-refractivity contribution in [2.45, 2.75) is 84.3 Å². The van der Waals surface area contributed by atoms with Crippen LogP contribution < -0.4 is 5.32 Å². The molecule has 2 aromatic carbocycles. The van der Waals surface area contributed by atoms with Crippen molar-refractivity contribution >= 4 is 11.8 Å². The van der Waals surface area contributed by atoms with Crippen molar-refractivity contribution < 1.29 is 14.0 Å². The minimum Gasteiger partial charge on any atom is -0.352 e. The zero-order valence-electron chi connectivity index (χ0n) is 19.5. The number of hydrogen-bond donors (Lipinski definition) is 1. The second-order valence-electron chi connectivity index (χ2n) is 9.01. The number of rotatable bonds is 8. The van der Waals surface area contributed by atoms with E-state index in [1.807, 2.05) is 39.0 Å². The maximum atomic E-state index is 13.4. The molecule has 2 aromatic rings. The number of halogens is 1. The van der Waals surface area contributed by atoms with E-state index in [4.69, 9.17) is 0 Å². The summed E-state index contributed by atoms with van der Waals surface area (Å²) >= 11 is 0. The van der Waals surface area contributed by atoms with Gasteiger partial charge in [-0.3, -0.25) is 9.59 Å². The largest absolute Gasteiger partial charge is 0.352 e.